The van der Waals surface area contributed by atoms with Crippen LogP contribution >= 0.6 is 0 Å². The normalized spacial score (nSPS) is 13.6. The lowest BCUT2D eigenvalue weighted by molar-refractivity contribution is -0.141. The van der Waals surface area contributed by atoms with E-state index in [1.54, 1.807) is 13.8 Å². The lowest BCUT2D eigenvalue weighted by atomic mass is 9.97. The summed E-state index contributed by atoms with van der Waals surface area (Å²) in [7, 11) is 0. The van der Waals surface area contributed by atoms with Crippen molar-refractivity contribution in [1.29, 1.82) is 0 Å². The monoisotopic (exact) mass is 510 g/mol. The summed E-state index contributed by atoms with van der Waals surface area (Å²) in [4.78, 5) is 23.4. The number of hydrogen-bond donors (Lipinski definition) is 0. The first-order valence-electron chi connectivity index (χ1n) is 14.6. The Morgan fingerprint density at radius 1 is 0.806 bits per heavy atom. The molecule has 5 heteroatoms. The van der Waals surface area contributed by atoms with Gasteiger partial charge < -0.3 is 19.0 Å². The number of hydrogen-bond acceptors (Lipinski definition) is 5. The first-order valence-corrected chi connectivity index (χ1v) is 14.6. The van der Waals surface area contributed by atoms with Crippen LogP contribution in [0.3, 0.4) is 0 Å². The Balaban J connectivity index is 3.88. The van der Waals surface area contributed by atoms with E-state index in [-0.39, 0.29) is 5.78 Å². The zero-order chi connectivity index (χ0) is 27.3. The van der Waals surface area contributed by atoms with Crippen molar-refractivity contribution in [1.82, 2.24) is 0 Å². The van der Waals surface area contributed by atoms with Crippen LogP contribution in [0.2, 0.25) is 0 Å². The van der Waals surface area contributed by atoms with Gasteiger partial charge in [0.05, 0.1) is 25.4 Å². The van der Waals surface area contributed by atoms with Gasteiger partial charge >= 0.3 is 0 Å². The first kappa shape index (κ1) is 35.0. The molecule has 0 saturated heterocycles. The van der Waals surface area contributed by atoms with Crippen LogP contribution in [0.1, 0.15) is 138 Å². The Kier molecular flexibility index (Phi) is 20.3. The van der Waals surface area contributed by atoms with Crippen LogP contribution in [0.25, 0.3) is 0 Å². The van der Waals surface area contributed by atoms with Crippen LogP contribution in [0.5, 0.6) is 0 Å². The molecule has 0 heterocycles. The zero-order valence-electron chi connectivity index (χ0n) is 24.7. The number of Topliss-reactive ketones (excluding diaryl/α,β-unsaturated/α-hetero) is 1. The second-order valence-corrected chi connectivity index (χ2v) is 11.4. The van der Waals surface area contributed by atoms with Gasteiger partial charge in [-0.25, -0.2) is 0 Å². The Morgan fingerprint density at radius 3 is 2.11 bits per heavy atom. The minimum Gasteiger partial charge on any atom is -0.375 e. The number of ether oxygens (including phenoxy) is 3. The predicted octanol–water partition coefficient (Wildman–Crippen LogP) is 8.18. The molecule has 0 bridgehead atoms. The smallest absolute Gasteiger partial charge is 0.164 e. The topological polar surface area (TPSA) is 61.8 Å². The number of aldehydes is 1. The van der Waals surface area contributed by atoms with E-state index >= 15 is 0 Å². The molecule has 0 saturated carbocycles. The summed E-state index contributed by atoms with van der Waals surface area (Å²) in [5, 5.41) is 0. The summed E-state index contributed by atoms with van der Waals surface area (Å²) in [5.41, 5.74) is -1.53. The Hall–Kier alpha value is -1.04. The molecule has 0 radical (unpaired) electrons. The summed E-state index contributed by atoms with van der Waals surface area (Å²) in [6, 6.07) is 0. The fourth-order valence-electron chi connectivity index (χ4n) is 4.01. The average Bonchev–Trinajstić information content (AvgIpc) is 2.81. The Morgan fingerprint density at radius 2 is 1.44 bits per heavy atom. The number of carbonyl (C=O) groups excluding carboxylic acids is 2. The highest BCUT2D eigenvalue weighted by atomic mass is 16.5. The maximum Gasteiger partial charge on any atom is 0.164 e. The van der Waals surface area contributed by atoms with Crippen molar-refractivity contribution in [2.75, 3.05) is 13.2 Å². The zero-order valence-corrected chi connectivity index (χ0v) is 24.7. The van der Waals surface area contributed by atoms with E-state index in [9.17, 15) is 9.59 Å². The number of carbonyl (C=O) groups is 2. The van der Waals surface area contributed by atoms with Gasteiger partial charge in [0.2, 0.25) is 0 Å². The molecule has 0 aromatic rings. The molecule has 0 rings (SSSR count). The van der Waals surface area contributed by atoms with Gasteiger partial charge in [-0.3, -0.25) is 4.79 Å². The van der Waals surface area contributed by atoms with Crippen molar-refractivity contribution < 1.29 is 23.8 Å². The van der Waals surface area contributed by atoms with Crippen LogP contribution in [-0.2, 0) is 23.8 Å². The van der Waals surface area contributed by atoms with E-state index in [2.05, 4.69) is 32.9 Å². The van der Waals surface area contributed by atoms with E-state index in [0.717, 1.165) is 38.4 Å². The fourth-order valence-corrected chi connectivity index (χ4v) is 4.01. The van der Waals surface area contributed by atoms with Crippen molar-refractivity contribution >= 4 is 12.1 Å². The quantitative estimate of drug-likeness (QED) is 0.0704. The van der Waals surface area contributed by atoms with Gasteiger partial charge in [-0.05, 0) is 80.1 Å². The SMILES string of the molecule is CCCCCCC(C/C=C\CCCCCCCC(=O)C(C)(C)OCCCOC(C)(C)C=O)OC(C)C. The Labute approximate surface area is 223 Å². The first-order chi connectivity index (χ1) is 17.0. The molecule has 1 unspecified atom stereocenters. The average molecular weight is 511 g/mol. The van der Waals surface area contributed by atoms with Gasteiger partial charge in [-0.1, -0.05) is 64.0 Å². The van der Waals surface area contributed by atoms with Crippen LogP contribution in [0, 0.1) is 0 Å². The highest BCUT2D eigenvalue weighted by molar-refractivity contribution is 5.86. The van der Waals surface area contributed by atoms with E-state index in [1.165, 1.54) is 44.9 Å². The molecule has 5 nitrogen and oxygen atoms in total. The van der Waals surface area contributed by atoms with Crippen LogP contribution in [0.4, 0.5) is 0 Å². The fraction of sp³-hybridized carbons (Fsp3) is 0.871. The maximum atomic E-state index is 12.5. The molecule has 0 fully saturated rings. The van der Waals surface area contributed by atoms with Gasteiger partial charge in [-0.15, -0.1) is 0 Å². The molecule has 36 heavy (non-hydrogen) atoms. The largest absolute Gasteiger partial charge is 0.375 e. The van der Waals surface area contributed by atoms with Gasteiger partial charge in [0.1, 0.15) is 11.2 Å². The minimum absolute atomic E-state index is 0.160. The van der Waals surface area contributed by atoms with Gasteiger partial charge in [-0.2, -0.15) is 0 Å². The van der Waals surface area contributed by atoms with Crippen molar-refractivity contribution in [3.8, 4) is 0 Å². The Bertz CT molecular complexity index is 580. The molecular weight excluding hydrogens is 452 g/mol. The third-order valence-corrected chi connectivity index (χ3v) is 6.37. The third-order valence-electron chi connectivity index (χ3n) is 6.37. The van der Waals surface area contributed by atoms with Crippen LogP contribution < -0.4 is 0 Å². The van der Waals surface area contributed by atoms with Crippen LogP contribution in [0.15, 0.2) is 12.2 Å². The number of rotatable bonds is 25. The summed E-state index contributed by atoms with van der Waals surface area (Å²) in [6.45, 7) is 14.6. The third kappa shape index (κ3) is 20.1. The van der Waals surface area contributed by atoms with Crippen molar-refractivity contribution in [2.45, 2.75) is 162 Å². The van der Waals surface area contributed by atoms with Crippen LogP contribution in [-0.4, -0.2) is 48.7 Å². The molecule has 1 atom stereocenters. The van der Waals surface area contributed by atoms with E-state index in [0.29, 0.717) is 38.3 Å². The molecule has 0 aliphatic heterocycles. The summed E-state index contributed by atoms with van der Waals surface area (Å²) >= 11 is 0. The van der Waals surface area contributed by atoms with E-state index in [1.807, 2.05) is 13.8 Å². The lowest BCUT2D eigenvalue weighted by Gasteiger charge is -2.24. The molecule has 212 valence electrons. The second kappa shape index (κ2) is 21.0. The summed E-state index contributed by atoms with van der Waals surface area (Å²) < 4.78 is 17.4. The molecule has 0 amide bonds. The predicted molar refractivity (Wildman–Crippen MR) is 151 cm³/mol. The second-order valence-electron chi connectivity index (χ2n) is 11.4. The van der Waals surface area contributed by atoms with Gasteiger partial charge in [0.25, 0.3) is 0 Å². The van der Waals surface area contributed by atoms with Crippen molar-refractivity contribution in [2.24, 2.45) is 0 Å². The van der Waals surface area contributed by atoms with Crippen molar-refractivity contribution in [3.05, 3.63) is 12.2 Å². The molecule has 0 aliphatic carbocycles. The van der Waals surface area contributed by atoms with Gasteiger partial charge in [0, 0.05) is 6.42 Å². The highest BCUT2D eigenvalue weighted by Gasteiger charge is 2.27. The van der Waals surface area contributed by atoms with E-state index < -0.39 is 11.2 Å². The summed E-state index contributed by atoms with van der Waals surface area (Å²) in [5.74, 6) is 0.160. The van der Waals surface area contributed by atoms with E-state index in [4.69, 9.17) is 14.2 Å². The molecule has 0 aliphatic rings. The minimum atomic E-state index is -0.766. The number of unbranched alkanes of at least 4 members (excludes halogenated alkanes) is 8. The molecule has 0 spiro atoms. The number of ketones is 1. The number of allylic oxidation sites excluding steroid dienone is 1. The highest BCUT2D eigenvalue weighted by Crippen LogP contribution is 2.18. The molecular formula is C31H58O5. The lowest BCUT2D eigenvalue weighted by Crippen LogP contribution is -2.35. The maximum absolute atomic E-state index is 12.5. The molecule has 0 N–H and O–H groups in total. The van der Waals surface area contributed by atoms with Gasteiger partial charge in [0.15, 0.2) is 12.1 Å². The molecule has 0 aromatic heterocycles. The standard InChI is InChI=1S/C31H58O5/c1-8-9-10-17-21-28(36-27(2)3)22-18-15-13-11-12-14-16-19-23-29(33)31(6,7)35-25-20-24-34-30(4,5)26-32/h15,18,26-28H,8-14,16-17,19-25H2,1-7H3/b18-15-. The summed E-state index contributed by atoms with van der Waals surface area (Å²) in [6.07, 6.45) is 21.4. The molecule has 0 aromatic carbocycles. The van der Waals surface area contributed by atoms with Crippen molar-refractivity contribution in [3.63, 3.8) is 0 Å².